The van der Waals surface area contributed by atoms with E-state index in [1.54, 1.807) is 36.2 Å². The van der Waals surface area contributed by atoms with Gasteiger partial charge in [0.05, 0.1) is 13.0 Å². The molecule has 5 N–H and O–H groups in total. The number of fused-ring (bicyclic) bond motifs is 1. The van der Waals surface area contributed by atoms with E-state index in [-0.39, 0.29) is 56.1 Å². The molecule has 3 aromatic carbocycles. The zero-order valence-corrected chi connectivity index (χ0v) is 24.2. The number of benzene rings is 3. The molecular formula is C33H38N4O5. The Balaban J connectivity index is 1.75. The Morgan fingerprint density at radius 3 is 2.62 bits per heavy atom. The van der Waals surface area contributed by atoms with Crippen LogP contribution in [0.1, 0.15) is 54.5 Å². The number of hydrogen-bond acceptors (Lipinski definition) is 7. The Bertz CT molecular complexity index is 1620. The topological polar surface area (TPSA) is 138 Å². The third-order valence-electron chi connectivity index (χ3n) is 7.29. The molecule has 0 fully saturated rings. The maximum absolute atomic E-state index is 14.4. The third kappa shape index (κ3) is 7.36. The van der Waals surface area contributed by atoms with Crippen LogP contribution in [0.25, 0.3) is 10.8 Å². The molecule has 1 amide bonds. The number of nitrogens with two attached hydrogens (primary N) is 1. The average Bonchev–Trinajstić information content (AvgIpc) is 2.98. The fourth-order valence-corrected chi connectivity index (χ4v) is 5.08. The lowest BCUT2D eigenvalue weighted by Gasteiger charge is -2.29. The van der Waals surface area contributed by atoms with Crippen molar-refractivity contribution in [2.75, 3.05) is 30.8 Å². The van der Waals surface area contributed by atoms with Crippen LogP contribution in [0.15, 0.2) is 77.7 Å². The molecule has 0 saturated carbocycles. The molecule has 0 aliphatic rings. The molecule has 0 bridgehead atoms. The number of aromatic nitrogens is 1. The van der Waals surface area contributed by atoms with E-state index in [0.29, 0.717) is 22.3 Å². The van der Waals surface area contributed by atoms with Gasteiger partial charge in [-0.2, -0.15) is 0 Å². The lowest BCUT2D eigenvalue weighted by molar-refractivity contribution is -0.144. The number of carbonyl (C=O) groups excluding carboxylic acids is 2. The summed E-state index contributed by atoms with van der Waals surface area (Å²) in [5.41, 5.74) is 10.4. The molecule has 0 saturated heterocycles. The number of rotatable bonds is 12. The van der Waals surface area contributed by atoms with Crippen LogP contribution in [-0.4, -0.2) is 46.6 Å². The number of aliphatic hydroxyl groups excluding tert-OH is 1. The zero-order valence-electron chi connectivity index (χ0n) is 24.2. The van der Waals surface area contributed by atoms with Crippen molar-refractivity contribution in [1.29, 1.82) is 0 Å². The number of ether oxygens (including phenoxy) is 1. The Morgan fingerprint density at radius 1 is 1.10 bits per heavy atom. The van der Waals surface area contributed by atoms with Crippen molar-refractivity contribution in [2.24, 2.45) is 0 Å². The Morgan fingerprint density at radius 2 is 1.90 bits per heavy atom. The Kier molecular flexibility index (Phi) is 9.98. The molecule has 0 radical (unpaired) electrons. The van der Waals surface area contributed by atoms with Gasteiger partial charge >= 0.3 is 5.97 Å². The summed E-state index contributed by atoms with van der Waals surface area (Å²) in [7, 11) is 0. The zero-order chi connectivity index (χ0) is 30.2. The minimum absolute atomic E-state index is 0.00821. The number of amides is 1. The predicted molar refractivity (Wildman–Crippen MR) is 165 cm³/mol. The first-order chi connectivity index (χ1) is 20.2. The minimum Gasteiger partial charge on any atom is -0.466 e. The van der Waals surface area contributed by atoms with E-state index in [1.165, 1.54) is 0 Å². The first-order valence-corrected chi connectivity index (χ1v) is 14.1. The van der Waals surface area contributed by atoms with E-state index in [1.807, 2.05) is 62.4 Å². The van der Waals surface area contributed by atoms with Crippen LogP contribution in [-0.2, 0) is 20.9 Å². The number of carbonyl (C=O) groups is 2. The first-order valence-electron chi connectivity index (χ1n) is 14.1. The number of aliphatic hydroxyl groups is 1. The smallest absolute Gasteiger partial charge is 0.307 e. The van der Waals surface area contributed by atoms with Gasteiger partial charge in [-0.05, 0) is 71.8 Å². The number of anilines is 2. The second-order valence-corrected chi connectivity index (χ2v) is 10.4. The summed E-state index contributed by atoms with van der Waals surface area (Å²) in [6.07, 6.45) is 1.63. The van der Waals surface area contributed by atoms with Crippen LogP contribution in [0.4, 0.5) is 11.4 Å². The van der Waals surface area contributed by atoms with Gasteiger partial charge in [0, 0.05) is 48.6 Å². The normalized spacial score (nSPS) is 12.5. The van der Waals surface area contributed by atoms with Gasteiger partial charge < -0.3 is 30.8 Å². The second-order valence-electron chi connectivity index (χ2n) is 10.4. The van der Waals surface area contributed by atoms with Crippen molar-refractivity contribution in [3.05, 3.63) is 106 Å². The lowest BCUT2D eigenvalue weighted by atomic mass is 9.93. The molecule has 9 heteroatoms. The molecule has 1 unspecified atom stereocenters. The highest BCUT2D eigenvalue weighted by atomic mass is 16.5. The number of hydrogen-bond donors (Lipinski definition) is 4. The fraction of sp³-hybridized carbons (Fsp3) is 0.303. The predicted octanol–water partition coefficient (Wildman–Crippen LogP) is 4.65. The molecule has 4 rings (SSSR count). The molecule has 0 aliphatic heterocycles. The van der Waals surface area contributed by atoms with Crippen molar-refractivity contribution in [3.63, 3.8) is 0 Å². The highest BCUT2D eigenvalue weighted by Gasteiger charge is 2.28. The average molecular weight is 571 g/mol. The minimum atomic E-state index is -0.842. The van der Waals surface area contributed by atoms with Crippen LogP contribution >= 0.6 is 0 Å². The van der Waals surface area contributed by atoms with Gasteiger partial charge in [-0.15, -0.1) is 0 Å². The second kappa shape index (κ2) is 13.8. The molecule has 1 heterocycles. The first kappa shape index (κ1) is 30.3. The number of esters is 1. The summed E-state index contributed by atoms with van der Waals surface area (Å²) in [6, 6.07) is 19.4. The van der Waals surface area contributed by atoms with Crippen LogP contribution in [0.5, 0.6) is 0 Å². The monoisotopic (exact) mass is 570 g/mol. The van der Waals surface area contributed by atoms with Crippen molar-refractivity contribution in [3.8, 4) is 0 Å². The van der Waals surface area contributed by atoms with Crippen LogP contribution in [0.2, 0.25) is 0 Å². The lowest BCUT2D eigenvalue weighted by Crippen LogP contribution is -2.39. The summed E-state index contributed by atoms with van der Waals surface area (Å²) in [6.45, 7) is 6.27. The molecule has 220 valence electrons. The number of pyridine rings is 1. The van der Waals surface area contributed by atoms with E-state index in [4.69, 9.17) is 10.5 Å². The van der Waals surface area contributed by atoms with Gasteiger partial charge in [0.15, 0.2) is 0 Å². The largest absolute Gasteiger partial charge is 0.466 e. The Hall–Kier alpha value is -4.63. The Labute approximate surface area is 245 Å². The summed E-state index contributed by atoms with van der Waals surface area (Å²) in [5, 5.41) is 14.3. The van der Waals surface area contributed by atoms with E-state index < -0.39 is 6.04 Å². The molecule has 1 aromatic heterocycles. The highest BCUT2D eigenvalue weighted by Crippen LogP contribution is 2.29. The van der Waals surface area contributed by atoms with Gasteiger partial charge in [0.2, 0.25) is 5.91 Å². The van der Waals surface area contributed by atoms with Gasteiger partial charge in [-0.25, -0.2) is 0 Å². The van der Waals surface area contributed by atoms with Crippen LogP contribution < -0.4 is 16.6 Å². The molecular weight excluding hydrogens is 532 g/mol. The van der Waals surface area contributed by atoms with Gasteiger partial charge in [0.25, 0.3) is 5.56 Å². The summed E-state index contributed by atoms with van der Waals surface area (Å²) in [4.78, 5) is 43.5. The number of nitrogens with one attached hydrogen (secondary N) is 2. The molecule has 0 spiro atoms. The molecule has 9 nitrogen and oxygen atoms in total. The van der Waals surface area contributed by atoms with Crippen LogP contribution in [0, 0.1) is 6.92 Å². The number of nitrogens with zero attached hydrogens (tertiary/aromatic N) is 1. The van der Waals surface area contributed by atoms with E-state index in [2.05, 4.69) is 10.3 Å². The molecule has 4 aromatic rings. The quantitative estimate of drug-likeness (QED) is 0.144. The number of H-pyrrole nitrogens is 1. The van der Waals surface area contributed by atoms with Gasteiger partial charge in [0.1, 0.15) is 6.04 Å². The summed E-state index contributed by atoms with van der Waals surface area (Å²) >= 11 is 0. The summed E-state index contributed by atoms with van der Waals surface area (Å²) < 4.78 is 5.13. The van der Waals surface area contributed by atoms with E-state index >= 15 is 0 Å². The van der Waals surface area contributed by atoms with Crippen molar-refractivity contribution in [1.82, 2.24) is 9.88 Å². The number of aryl methyl sites for hydroxylation is 1. The van der Waals surface area contributed by atoms with Gasteiger partial charge in [-0.3, -0.25) is 14.4 Å². The summed E-state index contributed by atoms with van der Waals surface area (Å²) in [5.74, 6) is -0.705. The van der Waals surface area contributed by atoms with E-state index in [9.17, 15) is 19.5 Å². The standard InChI is InChI=1S/C33H38N4O5/c1-4-42-30(39)13-15-37(19-23-6-5-7-26(34)17-23)33(41)31(25-9-11-28(21(2)16-25)22(3)20-38)36-27-10-8-24-12-14-35-32(40)29(24)18-27/h5-12,14,16-18,22,31,36,38H,4,13,15,19-20,34H2,1-3H3,(H,35,40)/t22-,31?/m0/s1. The van der Waals surface area contributed by atoms with E-state index in [0.717, 1.165) is 22.1 Å². The maximum Gasteiger partial charge on any atom is 0.307 e. The van der Waals surface area contributed by atoms with Crippen LogP contribution in [0.3, 0.4) is 0 Å². The molecule has 42 heavy (non-hydrogen) atoms. The van der Waals surface area contributed by atoms with Crippen molar-refractivity contribution >= 4 is 34.0 Å². The molecule has 0 aliphatic carbocycles. The molecule has 2 atom stereocenters. The van der Waals surface area contributed by atoms with Crippen molar-refractivity contribution in [2.45, 2.75) is 45.7 Å². The number of nitrogen functional groups attached to an aromatic ring is 1. The highest BCUT2D eigenvalue weighted by molar-refractivity contribution is 5.89. The maximum atomic E-state index is 14.4. The number of aromatic amines is 1. The SMILES string of the molecule is CCOC(=O)CCN(Cc1cccc(N)c1)C(=O)C(Nc1ccc2cc[nH]c(=O)c2c1)c1ccc([C@@H](C)CO)c(C)c1. The third-order valence-corrected chi connectivity index (χ3v) is 7.29. The fourth-order valence-electron chi connectivity index (χ4n) is 5.08. The van der Waals surface area contributed by atoms with Gasteiger partial charge in [-0.1, -0.05) is 43.3 Å². The van der Waals surface area contributed by atoms with Crippen molar-refractivity contribution < 1.29 is 19.4 Å².